The van der Waals surface area contributed by atoms with Crippen LogP contribution in [0.5, 0.6) is 11.5 Å². The second kappa shape index (κ2) is 8.32. The maximum atomic E-state index is 13.1. The van der Waals surface area contributed by atoms with E-state index in [9.17, 15) is 9.59 Å². The predicted octanol–water partition coefficient (Wildman–Crippen LogP) is 4.12. The number of amides is 3. The first-order valence-corrected chi connectivity index (χ1v) is 11.5. The molecule has 2 aromatic carbocycles. The number of halogens is 1. The van der Waals surface area contributed by atoms with E-state index in [1.54, 1.807) is 12.1 Å². The molecule has 2 fully saturated rings. The van der Waals surface area contributed by atoms with Gasteiger partial charge in [-0.25, -0.2) is 4.79 Å². The summed E-state index contributed by atoms with van der Waals surface area (Å²) in [5.74, 6) is 1.87. The number of nitrogens with one attached hydrogen (secondary N) is 1. The molecule has 1 saturated heterocycles. The highest BCUT2D eigenvalue weighted by Crippen LogP contribution is 2.39. The minimum absolute atomic E-state index is 0.0348. The van der Waals surface area contributed by atoms with E-state index in [2.05, 4.69) is 15.5 Å². The van der Waals surface area contributed by atoms with Crippen molar-refractivity contribution >= 4 is 23.5 Å². The molecule has 34 heavy (non-hydrogen) atoms. The zero-order valence-electron chi connectivity index (χ0n) is 18.1. The molecule has 3 aliphatic rings. The number of hydrogen-bond acceptors (Lipinski definition) is 7. The first-order valence-electron chi connectivity index (χ1n) is 11.1. The summed E-state index contributed by atoms with van der Waals surface area (Å²) in [5, 5.41) is 7.76. The van der Waals surface area contributed by atoms with Crippen molar-refractivity contribution in [3.63, 3.8) is 0 Å². The monoisotopic (exact) mass is 480 g/mol. The summed E-state index contributed by atoms with van der Waals surface area (Å²) in [7, 11) is 0. The third kappa shape index (κ3) is 3.75. The molecule has 174 valence electrons. The van der Waals surface area contributed by atoms with Crippen LogP contribution < -0.4 is 14.8 Å². The summed E-state index contributed by atoms with van der Waals surface area (Å²) in [6, 6.07) is 12.0. The summed E-state index contributed by atoms with van der Waals surface area (Å²) in [6.07, 6.45) is 1.92. The second-order valence-electron chi connectivity index (χ2n) is 8.75. The lowest BCUT2D eigenvalue weighted by atomic mass is 9.76. The van der Waals surface area contributed by atoms with Gasteiger partial charge < -0.3 is 19.3 Å². The number of hydrogen-bond donors (Lipinski definition) is 1. The van der Waals surface area contributed by atoms with Crippen LogP contribution in [0, 0.1) is 5.92 Å². The Morgan fingerprint density at radius 2 is 1.88 bits per heavy atom. The fourth-order valence-electron chi connectivity index (χ4n) is 4.86. The highest BCUT2D eigenvalue weighted by Gasteiger charge is 2.45. The van der Waals surface area contributed by atoms with Gasteiger partial charge in [0.15, 0.2) is 11.5 Å². The topological polar surface area (TPSA) is 107 Å². The number of nitrogens with zero attached hydrogens (tertiary/aromatic N) is 3. The quantitative estimate of drug-likeness (QED) is 0.598. The normalized spacial score (nSPS) is 23.6. The molecule has 6 rings (SSSR count). The van der Waals surface area contributed by atoms with Gasteiger partial charge in [-0.3, -0.25) is 9.69 Å². The van der Waals surface area contributed by atoms with E-state index in [0.717, 1.165) is 17.5 Å². The molecular formula is C24H21ClN4O5. The van der Waals surface area contributed by atoms with Crippen LogP contribution in [0.4, 0.5) is 4.79 Å². The first kappa shape index (κ1) is 21.0. The van der Waals surface area contributed by atoms with Crippen molar-refractivity contribution in [1.29, 1.82) is 0 Å². The Bertz CT molecular complexity index is 1260. The van der Waals surface area contributed by atoms with Crippen LogP contribution in [0.3, 0.4) is 0 Å². The molecule has 1 N–H and O–H groups in total. The van der Waals surface area contributed by atoms with Crippen LogP contribution in [-0.2, 0) is 11.3 Å². The van der Waals surface area contributed by atoms with E-state index >= 15 is 0 Å². The Morgan fingerprint density at radius 1 is 1.06 bits per heavy atom. The third-order valence-corrected chi connectivity index (χ3v) is 6.92. The Kier molecular flexibility index (Phi) is 5.13. The van der Waals surface area contributed by atoms with Crippen LogP contribution in [0.25, 0.3) is 11.4 Å². The summed E-state index contributed by atoms with van der Waals surface area (Å²) < 4.78 is 16.3. The van der Waals surface area contributed by atoms with Crippen LogP contribution in [0.2, 0.25) is 5.02 Å². The maximum Gasteiger partial charge on any atom is 0.324 e. The number of benzene rings is 2. The largest absolute Gasteiger partial charge is 0.454 e. The standard InChI is InChI=1S/C24H21ClN4O5/c25-16-5-1-13(2-6-16)11-29-23(30)17-7-3-15(9-18(17)26-24(29)31)22-27-21(28-34-22)14-4-8-19-20(10-14)33-12-32-19/h1-2,4-6,8,10,15,17-18H,3,7,9,11-12H2,(H,26,31). The molecule has 1 aliphatic carbocycles. The summed E-state index contributed by atoms with van der Waals surface area (Å²) in [5.41, 5.74) is 1.62. The number of aromatic nitrogens is 2. The van der Waals surface area contributed by atoms with Crippen molar-refractivity contribution in [2.75, 3.05) is 6.79 Å². The van der Waals surface area contributed by atoms with Gasteiger partial charge in [0.05, 0.1) is 12.5 Å². The summed E-state index contributed by atoms with van der Waals surface area (Å²) >= 11 is 5.94. The predicted molar refractivity (Wildman–Crippen MR) is 120 cm³/mol. The zero-order chi connectivity index (χ0) is 23.2. The summed E-state index contributed by atoms with van der Waals surface area (Å²) in [6.45, 7) is 0.416. The minimum atomic E-state index is -0.381. The van der Waals surface area contributed by atoms with Crippen LogP contribution in [-0.4, -0.2) is 39.8 Å². The van der Waals surface area contributed by atoms with Crippen molar-refractivity contribution < 1.29 is 23.6 Å². The number of carbonyl (C=O) groups is 2. The Hall–Kier alpha value is -3.59. The molecular weight excluding hydrogens is 460 g/mol. The second-order valence-corrected chi connectivity index (χ2v) is 9.18. The Balaban J connectivity index is 1.15. The molecule has 3 aromatic rings. The van der Waals surface area contributed by atoms with Gasteiger partial charge in [-0.1, -0.05) is 28.9 Å². The smallest absolute Gasteiger partial charge is 0.324 e. The number of rotatable bonds is 4. The van der Waals surface area contributed by atoms with Crippen LogP contribution in [0.15, 0.2) is 47.0 Å². The van der Waals surface area contributed by atoms with E-state index in [1.165, 1.54) is 4.90 Å². The van der Waals surface area contributed by atoms with Crippen molar-refractivity contribution in [2.24, 2.45) is 5.92 Å². The number of imide groups is 1. The van der Waals surface area contributed by atoms with E-state index in [1.807, 2.05) is 30.3 Å². The summed E-state index contributed by atoms with van der Waals surface area (Å²) in [4.78, 5) is 31.8. The van der Waals surface area contributed by atoms with E-state index < -0.39 is 0 Å². The van der Waals surface area contributed by atoms with E-state index in [4.69, 9.17) is 25.6 Å². The molecule has 3 heterocycles. The number of fused-ring (bicyclic) bond motifs is 2. The van der Waals surface area contributed by atoms with Crippen molar-refractivity contribution in [2.45, 2.75) is 37.8 Å². The average Bonchev–Trinajstić information content (AvgIpc) is 3.52. The molecule has 9 nitrogen and oxygen atoms in total. The molecule has 2 aliphatic heterocycles. The molecule has 0 bridgehead atoms. The van der Waals surface area contributed by atoms with Crippen molar-refractivity contribution in [1.82, 2.24) is 20.4 Å². The Morgan fingerprint density at radius 3 is 2.74 bits per heavy atom. The number of ether oxygens (including phenoxy) is 2. The molecule has 10 heteroatoms. The van der Waals surface area contributed by atoms with Crippen molar-refractivity contribution in [3.05, 3.63) is 58.9 Å². The van der Waals surface area contributed by atoms with Gasteiger partial charge in [-0.05, 0) is 55.2 Å². The van der Waals surface area contributed by atoms with Gasteiger partial charge in [0.25, 0.3) is 0 Å². The van der Waals surface area contributed by atoms with Crippen LogP contribution in [0.1, 0.15) is 36.6 Å². The molecule has 0 spiro atoms. The van der Waals surface area contributed by atoms with Gasteiger partial charge >= 0.3 is 6.03 Å². The van der Waals surface area contributed by atoms with Crippen molar-refractivity contribution in [3.8, 4) is 22.9 Å². The minimum Gasteiger partial charge on any atom is -0.454 e. The average molecular weight is 481 g/mol. The molecule has 3 atom stereocenters. The maximum absolute atomic E-state index is 13.1. The van der Waals surface area contributed by atoms with E-state index in [0.29, 0.717) is 41.1 Å². The molecule has 0 radical (unpaired) electrons. The molecule has 1 aromatic heterocycles. The fraction of sp³-hybridized carbons (Fsp3) is 0.333. The van der Waals surface area contributed by atoms with Gasteiger partial charge in [0.1, 0.15) is 0 Å². The highest BCUT2D eigenvalue weighted by atomic mass is 35.5. The lowest BCUT2D eigenvalue weighted by molar-refractivity contribution is -0.137. The lowest BCUT2D eigenvalue weighted by Gasteiger charge is -2.41. The number of carbonyl (C=O) groups excluding carboxylic acids is 2. The lowest BCUT2D eigenvalue weighted by Crippen LogP contribution is -2.60. The highest BCUT2D eigenvalue weighted by molar-refractivity contribution is 6.30. The van der Waals surface area contributed by atoms with Gasteiger partial charge in [-0.15, -0.1) is 0 Å². The number of urea groups is 1. The third-order valence-electron chi connectivity index (χ3n) is 6.66. The SMILES string of the molecule is O=C1NC2CC(c3nc(-c4ccc5c(c4)OCO5)no3)CCC2C(=O)N1Cc1ccc(Cl)cc1. The molecule has 1 saturated carbocycles. The van der Waals surface area contributed by atoms with E-state index in [-0.39, 0.29) is 43.2 Å². The van der Waals surface area contributed by atoms with Gasteiger partial charge in [0.2, 0.25) is 24.4 Å². The Labute approximate surface area is 200 Å². The molecule has 3 amide bonds. The molecule has 3 unspecified atom stereocenters. The zero-order valence-corrected chi connectivity index (χ0v) is 18.8. The first-order chi connectivity index (χ1) is 16.5. The van der Waals surface area contributed by atoms with Gasteiger partial charge in [-0.2, -0.15) is 4.98 Å². The van der Waals surface area contributed by atoms with Crippen LogP contribution >= 0.6 is 11.6 Å². The fourth-order valence-corrected chi connectivity index (χ4v) is 4.99. The van der Waals surface area contributed by atoms with Gasteiger partial charge in [0, 0.05) is 22.5 Å².